The van der Waals surface area contributed by atoms with E-state index >= 15 is 0 Å². The van der Waals surface area contributed by atoms with Crippen molar-refractivity contribution in [3.05, 3.63) is 64.1 Å². The Bertz CT molecular complexity index is 1030. The van der Waals surface area contributed by atoms with E-state index in [9.17, 15) is 0 Å². The predicted octanol–water partition coefficient (Wildman–Crippen LogP) is 5.36. The molecule has 0 saturated carbocycles. The van der Waals surface area contributed by atoms with Crippen LogP contribution in [0.15, 0.2) is 52.8 Å². The highest BCUT2D eigenvalue weighted by atomic mass is 127. The van der Waals surface area contributed by atoms with Gasteiger partial charge < -0.3 is 10.6 Å². The molecule has 2 aromatic carbocycles. The van der Waals surface area contributed by atoms with Crippen molar-refractivity contribution >= 4 is 52.0 Å². The highest BCUT2D eigenvalue weighted by molar-refractivity contribution is 14.0. The highest BCUT2D eigenvalue weighted by Gasteiger charge is 2.20. The summed E-state index contributed by atoms with van der Waals surface area (Å²) >= 11 is 1.74. The molecule has 1 aliphatic heterocycles. The van der Waals surface area contributed by atoms with Crippen LogP contribution in [-0.2, 0) is 6.54 Å². The first-order valence-corrected chi connectivity index (χ1v) is 12.1. The molecule has 5 nitrogen and oxygen atoms in total. The summed E-state index contributed by atoms with van der Waals surface area (Å²) in [5, 5.41) is 13.0. The van der Waals surface area contributed by atoms with Gasteiger partial charge in [0.05, 0.1) is 16.7 Å². The first-order valence-electron chi connectivity index (χ1n) is 11.2. The van der Waals surface area contributed by atoms with Crippen molar-refractivity contribution in [2.75, 3.05) is 26.7 Å². The number of nitrogens with one attached hydrogen (secondary N) is 2. The molecule has 1 atom stereocenters. The van der Waals surface area contributed by atoms with Crippen LogP contribution in [0.25, 0.3) is 10.8 Å². The average Bonchev–Trinajstić information content (AvgIpc) is 3.21. The van der Waals surface area contributed by atoms with Gasteiger partial charge in [-0.2, -0.15) is 0 Å². The predicted molar refractivity (Wildman–Crippen MR) is 147 cm³/mol. The van der Waals surface area contributed by atoms with Gasteiger partial charge in [-0.1, -0.05) is 36.4 Å². The minimum atomic E-state index is 0. The molecule has 1 aromatic heterocycles. The minimum Gasteiger partial charge on any atom is -0.356 e. The standard InChI is InChI=1S/C25H33N5S.HI/c1-18(22-9-8-21-6-4-5-7-23(21)14-22)28-25(26-3)27-15-20-10-12-30(13-11-20)16-24-17-31-19(2)29-24;/h4-9,14,17-18,20H,10-13,15-16H2,1-3H3,(H2,26,27,28);1H. The molecule has 3 aromatic rings. The van der Waals surface area contributed by atoms with Gasteiger partial charge in [-0.15, -0.1) is 35.3 Å². The molecule has 1 aliphatic rings. The Kier molecular flexibility index (Phi) is 9.31. The van der Waals surface area contributed by atoms with E-state index in [1.165, 1.54) is 34.9 Å². The van der Waals surface area contributed by atoms with Crippen molar-refractivity contribution in [2.24, 2.45) is 10.9 Å². The van der Waals surface area contributed by atoms with Gasteiger partial charge in [0.25, 0.3) is 0 Å². The number of piperidine rings is 1. The molecule has 2 N–H and O–H groups in total. The lowest BCUT2D eigenvalue weighted by Gasteiger charge is -2.32. The van der Waals surface area contributed by atoms with E-state index in [1.54, 1.807) is 11.3 Å². The number of aryl methyl sites for hydroxylation is 1. The average molecular weight is 564 g/mol. The van der Waals surface area contributed by atoms with E-state index in [-0.39, 0.29) is 30.0 Å². The van der Waals surface area contributed by atoms with E-state index in [2.05, 4.69) is 87.2 Å². The maximum atomic E-state index is 4.60. The van der Waals surface area contributed by atoms with Crippen molar-refractivity contribution in [3.8, 4) is 0 Å². The molecule has 7 heteroatoms. The summed E-state index contributed by atoms with van der Waals surface area (Å²) in [6.45, 7) is 8.50. The second-order valence-corrected chi connectivity index (χ2v) is 9.57. The van der Waals surface area contributed by atoms with Gasteiger partial charge in [0.2, 0.25) is 0 Å². The number of hydrogen-bond acceptors (Lipinski definition) is 4. The third kappa shape index (κ3) is 6.65. The molecule has 172 valence electrons. The fourth-order valence-electron chi connectivity index (χ4n) is 4.26. The Morgan fingerprint density at radius 1 is 1.19 bits per heavy atom. The second kappa shape index (κ2) is 12.0. The number of benzene rings is 2. The second-order valence-electron chi connectivity index (χ2n) is 8.50. The summed E-state index contributed by atoms with van der Waals surface area (Å²) in [6.07, 6.45) is 2.43. The molecule has 0 amide bonds. The molecular weight excluding hydrogens is 529 g/mol. The fourth-order valence-corrected chi connectivity index (χ4v) is 4.86. The van der Waals surface area contributed by atoms with Gasteiger partial charge in [-0.3, -0.25) is 9.89 Å². The van der Waals surface area contributed by atoms with E-state index in [0.717, 1.165) is 37.1 Å². The number of fused-ring (bicyclic) bond motifs is 1. The van der Waals surface area contributed by atoms with Crippen LogP contribution in [0.1, 0.15) is 42.1 Å². The number of thiazole rings is 1. The van der Waals surface area contributed by atoms with Crippen molar-refractivity contribution in [1.29, 1.82) is 0 Å². The Morgan fingerprint density at radius 3 is 2.62 bits per heavy atom. The van der Waals surface area contributed by atoms with Gasteiger partial charge in [-0.25, -0.2) is 4.98 Å². The summed E-state index contributed by atoms with van der Waals surface area (Å²) in [5.41, 5.74) is 2.48. The van der Waals surface area contributed by atoms with Crippen molar-refractivity contribution in [1.82, 2.24) is 20.5 Å². The lowest BCUT2D eigenvalue weighted by molar-refractivity contribution is 0.176. The summed E-state index contributed by atoms with van der Waals surface area (Å²) in [4.78, 5) is 11.6. The highest BCUT2D eigenvalue weighted by Crippen LogP contribution is 2.21. The smallest absolute Gasteiger partial charge is 0.191 e. The monoisotopic (exact) mass is 563 g/mol. The number of hydrogen-bond donors (Lipinski definition) is 2. The van der Waals surface area contributed by atoms with E-state index < -0.39 is 0 Å². The molecule has 32 heavy (non-hydrogen) atoms. The maximum Gasteiger partial charge on any atom is 0.191 e. The molecule has 0 radical (unpaired) electrons. The molecular formula is C25H34IN5S. The molecule has 0 bridgehead atoms. The van der Waals surface area contributed by atoms with Crippen molar-refractivity contribution in [2.45, 2.75) is 39.3 Å². The third-order valence-corrected chi connectivity index (χ3v) is 6.99. The van der Waals surface area contributed by atoms with Crippen LogP contribution in [0.5, 0.6) is 0 Å². The Balaban J connectivity index is 0.00000289. The maximum absolute atomic E-state index is 4.60. The summed E-state index contributed by atoms with van der Waals surface area (Å²) in [5.74, 6) is 1.56. The van der Waals surface area contributed by atoms with Crippen LogP contribution in [0.4, 0.5) is 0 Å². The lowest BCUT2D eigenvalue weighted by Crippen LogP contribution is -2.43. The third-order valence-electron chi connectivity index (χ3n) is 6.17. The SMILES string of the molecule is CN=C(NCC1CCN(Cc2csc(C)n2)CC1)NC(C)c1ccc2ccccc2c1.I. The molecule has 1 unspecified atom stereocenters. The molecule has 1 fully saturated rings. The Morgan fingerprint density at radius 2 is 1.94 bits per heavy atom. The molecule has 4 rings (SSSR count). The summed E-state index contributed by atoms with van der Waals surface area (Å²) < 4.78 is 0. The molecule has 2 heterocycles. The zero-order valence-corrected chi connectivity index (χ0v) is 22.3. The normalized spacial score (nSPS) is 16.5. The van der Waals surface area contributed by atoms with E-state index in [0.29, 0.717) is 5.92 Å². The minimum absolute atomic E-state index is 0. The first-order chi connectivity index (χ1) is 15.1. The number of aliphatic imine (C=N–C) groups is 1. The number of aromatic nitrogens is 1. The van der Waals surface area contributed by atoms with Crippen LogP contribution >= 0.6 is 35.3 Å². The first kappa shape index (κ1) is 24.9. The zero-order valence-electron chi connectivity index (χ0n) is 19.2. The molecule has 1 saturated heterocycles. The summed E-state index contributed by atoms with van der Waals surface area (Å²) in [7, 11) is 1.85. The number of guanidine groups is 1. The van der Waals surface area contributed by atoms with Crippen molar-refractivity contribution < 1.29 is 0 Å². The van der Waals surface area contributed by atoms with Crippen LogP contribution < -0.4 is 10.6 Å². The zero-order chi connectivity index (χ0) is 21.6. The molecule has 0 aliphatic carbocycles. The largest absolute Gasteiger partial charge is 0.356 e. The quantitative estimate of drug-likeness (QED) is 0.241. The number of likely N-dealkylation sites (tertiary alicyclic amines) is 1. The molecule has 0 spiro atoms. The van der Waals surface area contributed by atoms with Gasteiger partial charge >= 0.3 is 0 Å². The van der Waals surface area contributed by atoms with Crippen LogP contribution in [-0.4, -0.2) is 42.5 Å². The Labute approximate surface area is 212 Å². The Hall–Kier alpha value is -1.71. The number of rotatable bonds is 6. The van der Waals surface area contributed by atoms with Gasteiger partial charge in [0.1, 0.15) is 0 Å². The number of nitrogens with zero attached hydrogens (tertiary/aromatic N) is 3. The lowest BCUT2D eigenvalue weighted by atomic mass is 9.97. The van der Waals surface area contributed by atoms with Crippen LogP contribution in [0.2, 0.25) is 0 Å². The summed E-state index contributed by atoms with van der Waals surface area (Å²) in [6, 6.07) is 15.3. The topological polar surface area (TPSA) is 52.6 Å². The van der Waals surface area contributed by atoms with E-state index in [1.807, 2.05) is 7.05 Å². The van der Waals surface area contributed by atoms with Gasteiger partial charge in [-0.05, 0) is 68.1 Å². The number of halogens is 1. The van der Waals surface area contributed by atoms with Crippen molar-refractivity contribution in [3.63, 3.8) is 0 Å². The van der Waals surface area contributed by atoms with Crippen LogP contribution in [0.3, 0.4) is 0 Å². The van der Waals surface area contributed by atoms with Gasteiger partial charge in [0, 0.05) is 25.5 Å². The van der Waals surface area contributed by atoms with Crippen LogP contribution in [0, 0.1) is 12.8 Å². The fraction of sp³-hybridized carbons (Fsp3) is 0.440. The van der Waals surface area contributed by atoms with E-state index in [4.69, 9.17) is 0 Å². The van der Waals surface area contributed by atoms with Gasteiger partial charge in [0.15, 0.2) is 5.96 Å².